The fourth-order valence-electron chi connectivity index (χ4n) is 3.16. The summed E-state index contributed by atoms with van der Waals surface area (Å²) in [6.07, 6.45) is 4.12. The van der Waals surface area contributed by atoms with Crippen molar-refractivity contribution in [2.75, 3.05) is 7.05 Å². The van der Waals surface area contributed by atoms with Gasteiger partial charge in [-0.05, 0) is 43.4 Å². The highest BCUT2D eigenvalue weighted by Crippen LogP contribution is 2.34. The number of guanidine groups is 1. The van der Waals surface area contributed by atoms with Gasteiger partial charge in [0.05, 0.1) is 18.2 Å². The summed E-state index contributed by atoms with van der Waals surface area (Å²) in [6.45, 7) is 2.40. The van der Waals surface area contributed by atoms with Gasteiger partial charge < -0.3 is 15.4 Å². The Bertz CT molecular complexity index is 552. The Kier molecular flexibility index (Phi) is 6.02. The summed E-state index contributed by atoms with van der Waals surface area (Å²) < 4.78 is 19.1. The molecule has 2 N–H and O–H groups in total. The lowest BCUT2D eigenvalue weighted by Crippen LogP contribution is -2.47. The van der Waals surface area contributed by atoms with E-state index in [4.69, 9.17) is 4.74 Å². The molecule has 2 heterocycles. The van der Waals surface area contributed by atoms with Gasteiger partial charge in [0.15, 0.2) is 5.96 Å². The minimum Gasteiger partial charge on any atom is -0.373 e. The molecule has 0 aliphatic carbocycles. The van der Waals surface area contributed by atoms with Gasteiger partial charge >= 0.3 is 0 Å². The summed E-state index contributed by atoms with van der Waals surface area (Å²) in [5.74, 6) is 0.610. The van der Waals surface area contributed by atoms with Crippen molar-refractivity contribution in [2.45, 2.75) is 51.0 Å². The topological polar surface area (TPSA) is 45.7 Å². The maximum atomic E-state index is 13.3. The molecular weight excluding hydrogens is 396 g/mol. The van der Waals surface area contributed by atoms with E-state index in [1.165, 1.54) is 12.5 Å². The average molecular weight is 419 g/mol. The van der Waals surface area contributed by atoms with Crippen molar-refractivity contribution in [3.8, 4) is 0 Å². The lowest BCUT2D eigenvalue weighted by Gasteiger charge is -2.22. The molecule has 0 radical (unpaired) electrons. The second-order valence-electron chi connectivity index (χ2n) is 5.87. The number of aryl methyl sites for hydroxylation is 1. The zero-order valence-electron chi connectivity index (χ0n) is 12.9. The van der Waals surface area contributed by atoms with Crippen LogP contribution in [0.1, 0.15) is 30.4 Å². The summed E-state index contributed by atoms with van der Waals surface area (Å²) >= 11 is 0. The number of benzene rings is 1. The van der Waals surface area contributed by atoms with Gasteiger partial charge in [0, 0.05) is 13.6 Å². The number of ether oxygens (including phenoxy) is 1. The maximum Gasteiger partial charge on any atom is 0.191 e. The number of halogens is 2. The normalized spacial score (nSPS) is 26.7. The molecule has 6 heteroatoms. The third kappa shape index (κ3) is 3.90. The SMILES string of the molecule is CN=C(NCc1ccc(F)c(C)c1)NC1CC2CCC1O2.I. The van der Waals surface area contributed by atoms with E-state index < -0.39 is 0 Å². The number of fused-ring (bicyclic) bond motifs is 2. The number of aliphatic imine (C=N–C) groups is 1. The standard InChI is InChI=1S/C16H22FN3O.HI/c1-10-7-11(3-5-13(10)17)9-19-16(18-2)20-14-8-12-4-6-15(14)21-12;/h3,5,7,12,14-15H,4,6,8-9H2,1-2H3,(H2,18,19,20);1H. The highest BCUT2D eigenvalue weighted by atomic mass is 127. The first-order valence-electron chi connectivity index (χ1n) is 7.53. The Morgan fingerprint density at radius 1 is 1.41 bits per heavy atom. The number of nitrogens with one attached hydrogen (secondary N) is 2. The fraction of sp³-hybridized carbons (Fsp3) is 0.562. The average Bonchev–Trinajstić information content (AvgIpc) is 3.09. The van der Waals surface area contributed by atoms with E-state index in [1.807, 2.05) is 6.07 Å². The fourth-order valence-corrected chi connectivity index (χ4v) is 3.16. The summed E-state index contributed by atoms with van der Waals surface area (Å²) in [4.78, 5) is 4.25. The van der Waals surface area contributed by atoms with E-state index in [0.29, 0.717) is 30.4 Å². The molecule has 0 amide bonds. The minimum absolute atomic E-state index is 0. The molecule has 0 spiro atoms. The zero-order valence-corrected chi connectivity index (χ0v) is 15.3. The third-order valence-electron chi connectivity index (χ3n) is 4.33. The number of hydrogen-bond donors (Lipinski definition) is 2. The first-order valence-corrected chi connectivity index (χ1v) is 7.53. The Labute approximate surface area is 147 Å². The van der Waals surface area contributed by atoms with Crippen LogP contribution in [0.15, 0.2) is 23.2 Å². The molecule has 2 aliphatic heterocycles. The molecule has 3 unspecified atom stereocenters. The van der Waals surface area contributed by atoms with Crippen LogP contribution in [0.4, 0.5) is 4.39 Å². The van der Waals surface area contributed by atoms with Crippen molar-refractivity contribution in [2.24, 2.45) is 4.99 Å². The van der Waals surface area contributed by atoms with Crippen molar-refractivity contribution < 1.29 is 9.13 Å². The van der Waals surface area contributed by atoms with Gasteiger partial charge in [-0.3, -0.25) is 4.99 Å². The van der Waals surface area contributed by atoms with Gasteiger partial charge in [-0.25, -0.2) is 4.39 Å². The summed E-state index contributed by atoms with van der Waals surface area (Å²) in [5, 5.41) is 6.71. The van der Waals surface area contributed by atoms with Crippen LogP contribution in [-0.4, -0.2) is 31.3 Å². The number of rotatable bonds is 3. The van der Waals surface area contributed by atoms with Gasteiger partial charge in [-0.15, -0.1) is 24.0 Å². The van der Waals surface area contributed by atoms with Crippen LogP contribution >= 0.6 is 24.0 Å². The van der Waals surface area contributed by atoms with E-state index >= 15 is 0 Å². The second kappa shape index (κ2) is 7.59. The molecule has 22 heavy (non-hydrogen) atoms. The Morgan fingerprint density at radius 3 is 2.82 bits per heavy atom. The summed E-state index contributed by atoms with van der Waals surface area (Å²) in [5.41, 5.74) is 1.71. The second-order valence-corrected chi connectivity index (χ2v) is 5.87. The van der Waals surface area contributed by atoms with E-state index in [-0.39, 0.29) is 29.8 Å². The van der Waals surface area contributed by atoms with Gasteiger partial charge in [0.25, 0.3) is 0 Å². The van der Waals surface area contributed by atoms with Crippen LogP contribution in [-0.2, 0) is 11.3 Å². The van der Waals surface area contributed by atoms with Crippen molar-refractivity contribution >= 4 is 29.9 Å². The first-order chi connectivity index (χ1) is 10.2. The third-order valence-corrected chi connectivity index (χ3v) is 4.33. The van der Waals surface area contributed by atoms with Crippen LogP contribution in [0.2, 0.25) is 0 Å². The van der Waals surface area contributed by atoms with Crippen LogP contribution in [0, 0.1) is 12.7 Å². The molecule has 2 fully saturated rings. The van der Waals surface area contributed by atoms with Crippen LogP contribution in [0.5, 0.6) is 0 Å². The van der Waals surface area contributed by atoms with E-state index in [0.717, 1.165) is 24.4 Å². The first kappa shape index (κ1) is 17.5. The summed E-state index contributed by atoms with van der Waals surface area (Å²) in [7, 11) is 1.76. The predicted molar refractivity (Wildman–Crippen MR) is 96.2 cm³/mol. The van der Waals surface area contributed by atoms with Crippen molar-refractivity contribution in [3.63, 3.8) is 0 Å². The number of nitrogens with zero attached hydrogens (tertiary/aromatic N) is 1. The van der Waals surface area contributed by atoms with Gasteiger partial charge in [-0.2, -0.15) is 0 Å². The molecule has 3 rings (SSSR count). The van der Waals surface area contributed by atoms with Crippen molar-refractivity contribution in [1.29, 1.82) is 0 Å². The highest BCUT2D eigenvalue weighted by Gasteiger charge is 2.41. The van der Waals surface area contributed by atoms with Gasteiger partial charge in [0.1, 0.15) is 5.82 Å². The van der Waals surface area contributed by atoms with Gasteiger partial charge in [-0.1, -0.05) is 12.1 Å². The predicted octanol–water partition coefficient (Wildman–Crippen LogP) is 2.74. The van der Waals surface area contributed by atoms with Crippen LogP contribution < -0.4 is 10.6 Å². The van der Waals surface area contributed by atoms with E-state index in [1.54, 1.807) is 20.0 Å². The van der Waals surface area contributed by atoms with Crippen LogP contribution in [0.3, 0.4) is 0 Å². The lowest BCUT2D eigenvalue weighted by molar-refractivity contribution is 0.0992. The van der Waals surface area contributed by atoms with Crippen molar-refractivity contribution in [3.05, 3.63) is 35.1 Å². The Morgan fingerprint density at radius 2 is 2.23 bits per heavy atom. The molecule has 3 atom stereocenters. The highest BCUT2D eigenvalue weighted by molar-refractivity contribution is 14.0. The molecule has 2 bridgehead atoms. The molecule has 1 aromatic rings. The zero-order chi connectivity index (χ0) is 14.8. The molecule has 0 aromatic heterocycles. The maximum absolute atomic E-state index is 13.3. The van der Waals surface area contributed by atoms with Gasteiger partial charge in [0.2, 0.25) is 0 Å². The Hall–Kier alpha value is -0.890. The molecule has 2 saturated heterocycles. The quantitative estimate of drug-likeness (QED) is 0.450. The van der Waals surface area contributed by atoms with E-state index in [9.17, 15) is 4.39 Å². The Balaban J connectivity index is 0.00000176. The number of hydrogen-bond acceptors (Lipinski definition) is 2. The molecule has 4 nitrogen and oxygen atoms in total. The van der Waals surface area contributed by atoms with Crippen molar-refractivity contribution in [1.82, 2.24) is 10.6 Å². The largest absolute Gasteiger partial charge is 0.373 e. The van der Waals surface area contributed by atoms with Crippen LogP contribution in [0.25, 0.3) is 0 Å². The lowest BCUT2D eigenvalue weighted by atomic mass is 9.96. The minimum atomic E-state index is -0.166. The van der Waals surface area contributed by atoms with E-state index in [2.05, 4.69) is 15.6 Å². The molecule has 0 saturated carbocycles. The molecule has 1 aromatic carbocycles. The molecule has 122 valence electrons. The molecular formula is C16H23FIN3O. The molecule has 2 aliphatic rings. The smallest absolute Gasteiger partial charge is 0.191 e. The summed E-state index contributed by atoms with van der Waals surface area (Å²) in [6, 6.07) is 5.51. The monoisotopic (exact) mass is 419 g/mol.